The van der Waals surface area contributed by atoms with Crippen LogP contribution in [-0.2, 0) is 19.8 Å². The van der Waals surface area contributed by atoms with E-state index in [2.05, 4.69) is 4.72 Å². The molecule has 0 atom stereocenters. The second kappa shape index (κ2) is 7.04. The fourth-order valence-corrected chi connectivity index (χ4v) is 3.78. The Morgan fingerprint density at radius 2 is 1.90 bits per heavy atom. The van der Waals surface area contributed by atoms with Gasteiger partial charge in [-0.1, -0.05) is 0 Å². The highest BCUT2D eigenvalue weighted by atomic mass is 32.2. The minimum absolute atomic E-state index is 0.189. The van der Waals surface area contributed by atoms with Crippen molar-refractivity contribution in [3.63, 3.8) is 0 Å². The number of hydroxylamine groups is 2. The molecule has 0 aromatic heterocycles. The molecule has 122 valence electrons. The Bertz CT molecular complexity index is 456. The molecule has 0 aromatic carbocycles. The van der Waals surface area contributed by atoms with Crippen LogP contribution in [0.1, 0.15) is 39.0 Å². The van der Waals surface area contributed by atoms with Crippen LogP contribution in [0.2, 0.25) is 0 Å². The molecule has 2 fully saturated rings. The molecule has 2 aliphatic rings. The van der Waals surface area contributed by atoms with Crippen LogP contribution in [0.4, 0.5) is 0 Å². The molecular formula is C13H25N3O4S. The summed E-state index contributed by atoms with van der Waals surface area (Å²) in [6, 6.07) is 0.189. The minimum Gasteiger partial charge on any atom is -0.368 e. The summed E-state index contributed by atoms with van der Waals surface area (Å²) in [5.41, 5.74) is 0. The number of rotatable bonds is 7. The average Bonchev–Trinajstić information content (AvgIpc) is 3.23. The molecule has 21 heavy (non-hydrogen) atoms. The lowest BCUT2D eigenvalue weighted by Crippen LogP contribution is -2.41. The maximum absolute atomic E-state index is 12.0. The lowest BCUT2D eigenvalue weighted by Gasteiger charge is -2.30. The van der Waals surface area contributed by atoms with Gasteiger partial charge in [0.25, 0.3) is 10.2 Å². The highest BCUT2D eigenvalue weighted by Crippen LogP contribution is 2.27. The van der Waals surface area contributed by atoms with E-state index < -0.39 is 10.2 Å². The van der Waals surface area contributed by atoms with Crippen molar-refractivity contribution in [1.29, 1.82) is 0 Å². The van der Waals surface area contributed by atoms with Crippen molar-refractivity contribution in [1.82, 2.24) is 14.1 Å². The first-order chi connectivity index (χ1) is 9.88. The van der Waals surface area contributed by atoms with Crippen LogP contribution in [-0.4, -0.2) is 56.5 Å². The minimum atomic E-state index is -3.32. The van der Waals surface area contributed by atoms with Gasteiger partial charge in [0, 0.05) is 39.6 Å². The van der Waals surface area contributed by atoms with Crippen molar-refractivity contribution in [2.24, 2.45) is 5.92 Å². The van der Waals surface area contributed by atoms with Crippen LogP contribution >= 0.6 is 0 Å². The summed E-state index contributed by atoms with van der Waals surface area (Å²) < 4.78 is 28.1. The topological polar surface area (TPSA) is 79.0 Å². The molecule has 1 saturated heterocycles. The molecule has 1 N–H and O–H groups in total. The van der Waals surface area contributed by atoms with Crippen molar-refractivity contribution >= 4 is 16.2 Å². The zero-order valence-electron chi connectivity index (χ0n) is 12.7. The first kappa shape index (κ1) is 16.7. The third kappa shape index (κ3) is 5.21. The molecule has 8 heteroatoms. The van der Waals surface area contributed by atoms with Gasteiger partial charge in [0.15, 0.2) is 0 Å². The van der Waals surface area contributed by atoms with Crippen molar-refractivity contribution in [3.05, 3.63) is 0 Å². The van der Waals surface area contributed by atoms with Gasteiger partial charge in [0.1, 0.15) is 0 Å². The Morgan fingerprint density at radius 3 is 2.43 bits per heavy atom. The average molecular weight is 319 g/mol. The van der Waals surface area contributed by atoms with Crippen LogP contribution in [0.3, 0.4) is 0 Å². The molecule has 1 aliphatic heterocycles. The van der Waals surface area contributed by atoms with E-state index in [-0.39, 0.29) is 12.0 Å². The van der Waals surface area contributed by atoms with Crippen LogP contribution in [0.25, 0.3) is 0 Å². The molecule has 1 aliphatic carbocycles. The highest BCUT2D eigenvalue weighted by molar-refractivity contribution is 7.87. The van der Waals surface area contributed by atoms with Gasteiger partial charge in [-0.3, -0.25) is 4.79 Å². The number of hydrogen-bond donors (Lipinski definition) is 1. The summed E-state index contributed by atoms with van der Waals surface area (Å²) >= 11 is 0. The van der Waals surface area contributed by atoms with Crippen LogP contribution < -0.4 is 4.72 Å². The molecule has 0 radical (unpaired) electrons. The monoisotopic (exact) mass is 319 g/mol. The maximum atomic E-state index is 12.0. The van der Waals surface area contributed by atoms with Gasteiger partial charge in [-0.15, -0.1) is 5.06 Å². The van der Waals surface area contributed by atoms with E-state index in [1.807, 2.05) is 0 Å². The Hall–Kier alpha value is -0.700. The maximum Gasteiger partial charge on any atom is 0.322 e. The number of piperidine rings is 1. The Labute approximate surface area is 126 Å². The van der Waals surface area contributed by atoms with Crippen LogP contribution in [0, 0.1) is 5.92 Å². The third-order valence-corrected chi connectivity index (χ3v) is 5.73. The Kier molecular flexibility index (Phi) is 5.59. The van der Waals surface area contributed by atoms with Gasteiger partial charge in [0.05, 0.1) is 0 Å². The molecule has 0 spiro atoms. The molecule has 1 saturated carbocycles. The van der Waals surface area contributed by atoms with Crippen molar-refractivity contribution in [2.45, 2.75) is 45.1 Å². The Balaban J connectivity index is 1.64. The van der Waals surface area contributed by atoms with E-state index in [0.29, 0.717) is 12.5 Å². The molecule has 0 aromatic rings. The van der Waals surface area contributed by atoms with Gasteiger partial charge < -0.3 is 4.84 Å². The van der Waals surface area contributed by atoms with E-state index in [1.165, 1.54) is 11.2 Å². The van der Waals surface area contributed by atoms with Crippen molar-refractivity contribution in [2.75, 3.05) is 26.7 Å². The van der Waals surface area contributed by atoms with Gasteiger partial charge in [-0.25, -0.2) is 4.72 Å². The van der Waals surface area contributed by atoms with E-state index in [4.69, 9.17) is 4.84 Å². The van der Waals surface area contributed by atoms with Crippen molar-refractivity contribution < 1.29 is 18.0 Å². The first-order valence-electron chi connectivity index (χ1n) is 7.54. The fraction of sp³-hybridized carbons (Fsp3) is 0.923. The SMILES string of the molecule is CC(=O)ON1CCC(CCNS(=O)(=O)N(C)C2CC2)CC1. The number of nitrogens with zero attached hydrogens (tertiary/aromatic N) is 2. The predicted octanol–water partition coefficient (Wildman–Crippen LogP) is 0.495. The molecule has 1 heterocycles. The zero-order chi connectivity index (χ0) is 15.5. The third-order valence-electron chi connectivity index (χ3n) is 4.11. The lowest BCUT2D eigenvalue weighted by molar-refractivity contribution is -0.193. The van der Waals surface area contributed by atoms with E-state index in [0.717, 1.165) is 45.2 Å². The summed E-state index contributed by atoms with van der Waals surface area (Å²) in [6.45, 7) is 3.31. The van der Waals surface area contributed by atoms with Gasteiger partial charge in [-0.05, 0) is 38.0 Å². The molecule has 7 nitrogen and oxygen atoms in total. The smallest absolute Gasteiger partial charge is 0.322 e. The summed E-state index contributed by atoms with van der Waals surface area (Å²) in [6.07, 6.45) is 4.60. The molecule has 0 amide bonds. The van der Waals surface area contributed by atoms with Crippen molar-refractivity contribution in [3.8, 4) is 0 Å². The molecule has 0 bridgehead atoms. The predicted molar refractivity (Wildman–Crippen MR) is 78.4 cm³/mol. The normalized spacial score (nSPS) is 21.7. The molecular weight excluding hydrogens is 294 g/mol. The second-order valence-electron chi connectivity index (χ2n) is 5.89. The van der Waals surface area contributed by atoms with E-state index in [1.54, 1.807) is 12.1 Å². The zero-order valence-corrected chi connectivity index (χ0v) is 13.6. The standard InChI is InChI=1S/C13H25N3O4S/c1-11(17)20-16-9-6-12(7-10-16)5-8-14-21(18,19)15(2)13-3-4-13/h12-14H,3-10H2,1-2H3. The Morgan fingerprint density at radius 1 is 1.29 bits per heavy atom. The van der Waals surface area contributed by atoms with Crippen LogP contribution in [0.15, 0.2) is 0 Å². The largest absolute Gasteiger partial charge is 0.368 e. The summed E-state index contributed by atoms with van der Waals surface area (Å²) in [5, 5.41) is 1.68. The van der Waals surface area contributed by atoms with Gasteiger partial charge >= 0.3 is 5.97 Å². The molecule has 0 unspecified atom stereocenters. The summed E-state index contributed by atoms with van der Waals surface area (Å²) in [4.78, 5) is 15.9. The van der Waals surface area contributed by atoms with E-state index >= 15 is 0 Å². The number of hydrogen-bond acceptors (Lipinski definition) is 5. The summed E-state index contributed by atoms with van der Waals surface area (Å²) in [5.74, 6) is 0.190. The van der Waals surface area contributed by atoms with Gasteiger partial charge in [0.2, 0.25) is 0 Å². The van der Waals surface area contributed by atoms with Gasteiger partial charge in [-0.2, -0.15) is 12.7 Å². The number of carbonyl (C=O) groups excluding carboxylic acids is 1. The summed E-state index contributed by atoms with van der Waals surface area (Å²) in [7, 11) is -1.68. The fourth-order valence-electron chi connectivity index (χ4n) is 2.60. The second-order valence-corrected chi connectivity index (χ2v) is 7.71. The number of carbonyl (C=O) groups is 1. The first-order valence-corrected chi connectivity index (χ1v) is 8.98. The highest BCUT2D eigenvalue weighted by Gasteiger charge is 2.33. The number of nitrogens with one attached hydrogen (secondary N) is 1. The lowest BCUT2D eigenvalue weighted by atomic mass is 9.95. The van der Waals surface area contributed by atoms with Crippen LogP contribution in [0.5, 0.6) is 0 Å². The van der Waals surface area contributed by atoms with E-state index in [9.17, 15) is 13.2 Å². The quantitative estimate of drug-likeness (QED) is 0.739. The molecule has 2 rings (SSSR count).